The standard InChI is InChI=1S/C17H18N4O3/c1-19-16(23)14-9-20(6-7-21(14)17(19)24)15-12(10-22)8-11-4-2-3-5-13(11)18-15/h2-5,8,14,22H,6-7,9-10H2,1H3. The predicted molar refractivity (Wildman–Crippen MR) is 88.5 cm³/mol. The smallest absolute Gasteiger partial charge is 0.327 e. The lowest BCUT2D eigenvalue weighted by atomic mass is 10.1. The molecule has 2 saturated heterocycles. The Kier molecular flexibility index (Phi) is 3.38. The monoisotopic (exact) mass is 326 g/mol. The number of rotatable bonds is 2. The normalized spacial score (nSPS) is 20.9. The lowest BCUT2D eigenvalue weighted by molar-refractivity contribution is -0.127. The number of hydrogen-bond acceptors (Lipinski definition) is 5. The third kappa shape index (κ3) is 2.12. The summed E-state index contributed by atoms with van der Waals surface area (Å²) in [4.78, 5) is 33.8. The molecule has 1 atom stereocenters. The van der Waals surface area contributed by atoms with Gasteiger partial charge >= 0.3 is 6.03 Å². The second kappa shape index (κ2) is 5.45. The van der Waals surface area contributed by atoms with Crippen molar-refractivity contribution in [3.63, 3.8) is 0 Å². The maximum atomic E-state index is 12.3. The van der Waals surface area contributed by atoms with Gasteiger partial charge in [-0.2, -0.15) is 0 Å². The van der Waals surface area contributed by atoms with Crippen LogP contribution in [0.5, 0.6) is 0 Å². The van der Waals surface area contributed by atoms with Crippen LogP contribution in [0, 0.1) is 0 Å². The molecule has 1 unspecified atom stereocenters. The zero-order valence-corrected chi connectivity index (χ0v) is 13.3. The number of aromatic nitrogens is 1. The topological polar surface area (TPSA) is 77.0 Å². The first-order valence-corrected chi connectivity index (χ1v) is 7.93. The molecular weight excluding hydrogens is 308 g/mol. The highest BCUT2D eigenvalue weighted by atomic mass is 16.3. The van der Waals surface area contributed by atoms with E-state index in [1.165, 1.54) is 11.9 Å². The summed E-state index contributed by atoms with van der Waals surface area (Å²) in [5.74, 6) is 0.502. The minimum Gasteiger partial charge on any atom is -0.392 e. The molecule has 24 heavy (non-hydrogen) atoms. The van der Waals surface area contributed by atoms with E-state index >= 15 is 0 Å². The number of imide groups is 1. The molecule has 7 heteroatoms. The van der Waals surface area contributed by atoms with Crippen LogP contribution in [0.4, 0.5) is 10.6 Å². The number of piperazine rings is 1. The number of fused-ring (bicyclic) bond motifs is 2. The summed E-state index contributed by atoms with van der Waals surface area (Å²) in [7, 11) is 1.51. The zero-order valence-electron chi connectivity index (χ0n) is 13.3. The van der Waals surface area contributed by atoms with Gasteiger partial charge in [0.15, 0.2) is 0 Å². The quantitative estimate of drug-likeness (QED) is 0.827. The van der Waals surface area contributed by atoms with Crippen LogP contribution < -0.4 is 4.90 Å². The van der Waals surface area contributed by atoms with Crippen molar-refractivity contribution in [2.75, 3.05) is 31.6 Å². The molecule has 124 valence electrons. The first kappa shape index (κ1) is 14.9. The van der Waals surface area contributed by atoms with Crippen LogP contribution in [-0.2, 0) is 11.4 Å². The van der Waals surface area contributed by atoms with Gasteiger partial charge in [0.05, 0.1) is 12.1 Å². The highest BCUT2D eigenvalue weighted by molar-refractivity contribution is 6.04. The van der Waals surface area contributed by atoms with Gasteiger partial charge in [0.25, 0.3) is 5.91 Å². The summed E-state index contributed by atoms with van der Waals surface area (Å²) in [6, 6.07) is 8.95. The molecule has 3 heterocycles. The first-order chi connectivity index (χ1) is 11.6. The Morgan fingerprint density at radius 1 is 1.25 bits per heavy atom. The molecule has 2 aromatic rings. The highest BCUT2D eigenvalue weighted by Crippen LogP contribution is 2.28. The van der Waals surface area contributed by atoms with Gasteiger partial charge in [-0.05, 0) is 12.1 Å². The number of nitrogens with zero attached hydrogens (tertiary/aromatic N) is 4. The number of benzene rings is 1. The van der Waals surface area contributed by atoms with Crippen molar-refractivity contribution in [1.82, 2.24) is 14.8 Å². The van der Waals surface area contributed by atoms with Crippen molar-refractivity contribution >= 4 is 28.7 Å². The first-order valence-electron chi connectivity index (χ1n) is 7.93. The summed E-state index contributed by atoms with van der Waals surface area (Å²) in [5.41, 5.74) is 1.57. The van der Waals surface area contributed by atoms with E-state index in [2.05, 4.69) is 4.98 Å². The van der Waals surface area contributed by atoms with E-state index in [-0.39, 0.29) is 18.5 Å². The van der Waals surface area contributed by atoms with Gasteiger partial charge < -0.3 is 14.9 Å². The van der Waals surface area contributed by atoms with Gasteiger partial charge in [0, 0.05) is 37.6 Å². The fourth-order valence-electron chi connectivity index (χ4n) is 3.47. The molecule has 0 radical (unpaired) electrons. The highest BCUT2D eigenvalue weighted by Gasteiger charge is 2.46. The summed E-state index contributed by atoms with van der Waals surface area (Å²) in [6.07, 6.45) is 0. The predicted octanol–water partition coefficient (Wildman–Crippen LogP) is 0.810. The molecule has 4 rings (SSSR count). The van der Waals surface area contributed by atoms with Crippen LogP contribution in [0.3, 0.4) is 0 Å². The van der Waals surface area contributed by atoms with E-state index in [0.717, 1.165) is 16.5 Å². The lowest BCUT2D eigenvalue weighted by Crippen LogP contribution is -2.53. The Bertz CT molecular complexity index is 838. The van der Waals surface area contributed by atoms with Crippen LogP contribution in [0.25, 0.3) is 10.9 Å². The van der Waals surface area contributed by atoms with Crippen LogP contribution in [0.15, 0.2) is 30.3 Å². The minimum absolute atomic E-state index is 0.120. The average Bonchev–Trinajstić information content (AvgIpc) is 2.84. The number of pyridine rings is 1. The van der Waals surface area contributed by atoms with E-state index in [1.54, 1.807) is 4.90 Å². The fraction of sp³-hybridized carbons (Fsp3) is 0.353. The Morgan fingerprint density at radius 2 is 2.04 bits per heavy atom. The van der Waals surface area contributed by atoms with E-state index in [4.69, 9.17) is 0 Å². The number of carbonyl (C=O) groups is 2. The molecule has 1 N–H and O–H groups in total. The lowest BCUT2D eigenvalue weighted by Gasteiger charge is -2.36. The van der Waals surface area contributed by atoms with E-state index in [9.17, 15) is 14.7 Å². The number of para-hydroxylation sites is 1. The molecule has 2 aliphatic heterocycles. The van der Waals surface area contributed by atoms with Gasteiger partial charge in [-0.15, -0.1) is 0 Å². The van der Waals surface area contributed by atoms with Crippen molar-refractivity contribution in [2.45, 2.75) is 12.6 Å². The third-order valence-electron chi connectivity index (χ3n) is 4.78. The molecule has 1 aromatic carbocycles. The van der Waals surface area contributed by atoms with Gasteiger partial charge in [-0.25, -0.2) is 9.78 Å². The second-order valence-electron chi connectivity index (χ2n) is 6.16. The van der Waals surface area contributed by atoms with Crippen LogP contribution in [-0.4, -0.2) is 64.6 Å². The Morgan fingerprint density at radius 3 is 2.83 bits per heavy atom. The van der Waals surface area contributed by atoms with E-state index in [1.807, 2.05) is 35.2 Å². The molecule has 3 amide bonds. The summed E-state index contributed by atoms with van der Waals surface area (Å²) < 4.78 is 0. The Labute approximate surface area is 139 Å². The maximum absolute atomic E-state index is 12.3. The minimum atomic E-state index is -0.476. The van der Waals surface area contributed by atoms with Crippen molar-refractivity contribution in [3.05, 3.63) is 35.9 Å². The fourth-order valence-corrected chi connectivity index (χ4v) is 3.47. The molecule has 2 aliphatic rings. The Balaban J connectivity index is 1.71. The SMILES string of the molecule is CN1C(=O)C2CN(c3nc4ccccc4cc3CO)CCN2C1=O. The molecule has 0 bridgehead atoms. The van der Waals surface area contributed by atoms with E-state index < -0.39 is 6.04 Å². The largest absolute Gasteiger partial charge is 0.392 e. The summed E-state index contributed by atoms with van der Waals surface area (Å²) >= 11 is 0. The van der Waals surface area contributed by atoms with Crippen molar-refractivity contribution in [2.24, 2.45) is 0 Å². The molecule has 0 saturated carbocycles. The van der Waals surface area contributed by atoms with Gasteiger partial charge in [0.1, 0.15) is 11.9 Å². The molecule has 0 spiro atoms. The van der Waals surface area contributed by atoms with Crippen molar-refractivity contribution in [1.29, 1.82) is 0 Å². The molecule has 7 nitrogen and oxygen atoms in total. The van der Waals surface area contributed by atoms with Crippen molar-refractivity contribution in [3.8, 4) is 0 Å². The number of amides is 3. The van der Waals surface area contributed by atoms with Crippen molar-refractivity contribution < 1.29 is 14.7 Å². The Hall–Kier alpha value is -2.67. The van der Waals surface area contributed by atoms with Crippen LogP contribution in [0.1, 0.15) is 5.56 Å². The second-order valence-corrected chi connectivity index (χ2v) is 6.16. The molecule has 2 fully saturated rings. The molecule has 1 aromatic heterocycles. The van der Waals surface area contributed by atoms with Gasteiger partial charge in [-0.3, -0.25) is 9.69 Å². The summed E-state index contributed by atoms with van der Waals surface area (Å²) in [5, 5.41) is 10.7. The number of likely N-dealkylation sites (N-methyl/N-ethyl adjacent to an activating group) is 1. The van der Waals surface area contributed by atoms with E-state index in [0.29, 0.717) is 25.5 Å². The summed E-state index contributed by atoms with van der Waals surface area (Å²) in [6.45, 7) is 1.33. The molecular formula is C17H18N4O3. The molecule has 0 aliphatic carbocycles. The number of anilines is 1. The number of hydrogen-bond donors (Lipinski definition) is 1. The van der Waals surface area contributed by atoms with Gasteiger partial charge in [0.2, 0.25) is 0 Å². The number of aliphatic hydroxyl groups excluding tert-OH is 1. The number of urea groups is 1. The average molecular weight is 326 g/mol. The zero-order chi connectivity index (χ0) is 16.8. The van der Waals surface area contributed by atoms with Crippen LogP contribution >= 0.6 is 0 Å². The maximum Gasteiger partial charge on any atom is 0.327 e. The third-order valence-corrected chi connectivity index (χ3v) is 4.78. The number of carbonyl (C=O) groups excluding carboxylic acids is 2. The van der Waals surface area contributed by atoms with Crippen LogP contribution in [0.2, 0.25) is 0 Å². The number of aliphatic hydroxyl groups is 1. The van der Waals surface area contributed by atoms with Gasteiger partial charge in [-0.1, -0.05) is 18.2 Å².